The number of hydrogen-bond acceptors (Lipinski definition) is 6. The van der Waals surface area contributed by atoms with Crippen LogP contribution in [-0.2, 0) is 6.61 Å². The summed E-state index contributed by atoms with van der Waals surface area (Å²) < 4.78 is 5.88. The Morgan fingerprint density at radius 1 is 1.14 bits per heavy atom. The van der Waals surface area contributed by atoms with Gasteiger partial charge in [-0.15, -0.1) is 0 Å². The van der Waals surface area contributed by atoms with Crippen LogP contribution in [0.15, 0.2) is 54.7 Å². The van der Waals surface area contributed by atoms with Crippen LogP contribution in [0.2, 0.25) is 10.0 Å². The molecule has 3 aromatic rings. The van der Waals surface area contributed by atoms with E-state index in [0.717, 1.165) is 24.2 Å². The monoisotopic (exact) mass is 528 g/mol. The van der Waals surface area contributed by atoms with Crippen LogP contribution in [0.3, 0.4) is 0 Å². The van der Waals surface area contributed by atoms with Crippen molar-refractivity contribution in [2.24, 2.45) is 0 Å². The maximum Gasteiger partial charge on any atom is 0.253 e. The number of nitrogens with zero attached hydrogens (tertiary/aromatic N) is 3. The van der Waals surface area contributed by atoms with Crippen molar-refractivity contribution < 1.29 is 14.6 Å². The van der Waals surface area contributed by atoms with Crippen LogP contribution in [-0.4, -0.2) is 65.1 Å². The summed E-state index contributed by atoms with van der Waals surface area (Å²) in [7, 11) is 1.71. The third kappa shape index (κ3) is 6.48. The molecule has 1 atom stereocenters. The standard InChI is InChI=1S/C27H30Cl2N4O3/c1-32(15-21(34)16-33-11-2-3-12-33)27(35)19-9-7-18(8-10-19)20-13-25(26(30)31-14-20)36-17-22-23(28)5-4-6-24(22)29/h4-10,13-14,21,34H,2-3,11-12,15-17H2,1H3,(H2,30,31). The van der Waals surface area contributed by atoms with Gasteiger partial charge in [0.15, 0.2) is 11.6 Å². The van der Waals surface area contributed by atoms with E-state index in [9.17, 15) is 9.90 Å². The highest BCUT2D eigenvalue weighted by atomic mass is 35.5. The lowest BCUT2D eigenvalue weighted by atomic mass is 10.0. The predicted molar refractivity (Wildman–Crippen MR) is 144 cm³/mol. The van der Waals surface area contributed by atoms with E-state index in [0.29, 0.717) is 33.5 Å². The molecule has 1 fully saturated rings. The quantitative estimate of drug-likeness (QED) is 0.416. The first-order valence-corrected chi connectivity index (χ1v) is 12.6. The average Bonchev–Trinajstić information content (AvgIpc) is 3.37. The molecule has 1 unspecified atom stereocenters. The van der Waals surface area contributed by atoms with Gasteiger partial charge in [0.05, 0.1) is 6.10 Å². The maximum atomic E-state index is 12.9. The Balaban J connectivity index is 1.40. The summed E-state index contributed by atoms with van der Waals surface area (Å²) >= 11 is 12.5. The van der Waals surface area contributed by atoms with E-state index in [4.69, 9.17) is 33.7 Å². The number of aliphatic hydroxyl groups excluding tert-OH is 1. The molecule has 1 aromatic heterocycles. The van der Waals surface area contributed by atoms with Gasteiger partial charge in [0.25, 0.3) is 5.91 Å². The van der Waals surface area contributed by atoms with E-state index in [1.807, 2.05) is 12.1 Å². The highest BCUT2D eigenvalue weighted by Gasteiger charge is 2.20. The number of anilines is 1. The first-order chi connectivity index (χ1) is 17.3. The number of benzene rings is 2. The van der Waals surface area contributed by atoms with Crippen LogP contribution in [0.5, 0.6) is 5.75 Å². The maximum absolute atomic E-state index is 12.9. The van der Waals surface area contributed by atoms with Crippen molar-refractivity contribution in [3.05, 3.63) is 75.9 Å². The van der Waals surface area contributed by atoms with E-state index < -0.39 is 6.10 Å². The SMILES string of the molecule is CN(CC(O)CN1CCCC1)C(=O)c1ccc(-c2cnc(N)c(OCc3c(Cl)cccc3Cl)c2)cc1. The van der Waals surface area contributed by atoms with Gasteiger partial charge in [-0.25, -0.2) is 4.98 Å². The summed E-state index contributed by atoms with van der Waals surface area (Å²) in [4.78, 5) is 20.9. The number of β-amino-alcohol motifs (C(OH)–C–C–N with tert-alkyl or cyclic N) is 1. The molecule has 0 spiro atoms. The number of nitrogen functional groups attached to an aromatic ring is 1. The second-order valence-corrected chi connectivity index (χ2v) is 9.84. The van der Waals surface area contributed by atoms with Crippen molar-refractivity contribution in [3.63, 3.8) is 0 Å². The fraction of sp³-hybridized carbons (Fsp3) is 0.333. The number of aliphatic hydroxyl groups is 1. The fourth-order valence-corrected chi connectivity index (χ4v) is 4.80. The van der Waals surface area contributed by atoms with Gasteiger partial charge >= 0.3 is 0 Å². The minimum atomic E-state index is -0.573. The molecule has 36 heavy (non-hydrogen) atoms. The number of pyridine rings is 1. The second-order valence-electron chi connectivity index (χ2n) is 9.02. The number of likely N-dealkylation sites (N-methyl/N-ethyl adjacent to an activating group) is 1. The Morgan fingerprint density at radius 2 is 1.81 bits per heavy atom. The van der Waals surface area contributed by atoms with Crippen LogP contribution in [0.25, 0.3) is 11.1 Å². The number of ether oxygens (including phenoxy) is 1. The Morgan fingerprint density at radius 3 is 2.47 bits per heavy atom. The van der Waals surface area contributed by atoms with Gasteiger partial charge < -0.3 is 25.4 Å². The number of halogens is 2. The number of carbonyl (C=O) groups is 1. The molecule has 2 heterocycles. The van der Waals surface area contributed by atoms with Crippen LogP contribution < -0.4 is 10.5 Å². The van der Waals surface area contributed by atoms with E-state index >= 15 is 0 Å². The normalized spacial score (nSPS) is 14.6. The third-order valence-electron chi connectivity index (χ3n) is 6.28. The Kier molecular flexibility index (Phi) is 8.69. The van der Waals surface area contributed by atoms with Crippen molar-refractivity contribution in [1.82, 2.24) is 14.8 Å². The Hall–Kier alpha value is -2.84. The molecule has 2 aromatic carbocycles. The predicted octanol–water partition coefficient (Wildman–Crippen LogP) is 4.75. The lowest BCUT2D eigenvalue weighted by Gasteiger charge is -2.24. The van der Waals surface area contributed by atoms with Gasteiger partial charge in [-0.05, 0) is 61.8 Å². The number of amides is 1. The van der Waals surface area contributed by atoms with Crippen LogP contribution >= 0.6 is 23.2 Å². The lowest BCUT2D eigenvalue weighted by molar-refractivity contribution is 0.0612. The number of carbonyl (C=O) groups excluding carboxylic acids is 1. The molecular weight excluding hydrogens is 499 g/mol. The van der Waals surface area contributed by atoms with Crippen LogP contribution in [0.1, 0.15) is 28.8 Å². The van der Waals surface area contributed by atoms with Crippen LogP contribution in [0.4, 0.5) is 5.82 Å². The summed E-state index contributed by atoms with van der Waals surface area (Å²) in [5.41, 5.74) is 8.88. The zero-order valence-electron chi connectivity index (χ0n) is 20.2. The smallest absolute Gasteiger partial charge is 0.253 e. The summed E-state index contributed by atoms with van der Waals surface area (Å²) in [5.74, 6) is 0.524. The number of hydrogen-bond donors (Lipinski definition) is 2. The molecule has 1 aliphatic heterocycles. The lowest BCUT2D eigenvalue weighted by Crippen LogP contribution is -2.40. The average molecular weight is 529 g/mol. The molecule has 0 radical (unpaired) electrons. The van der Waals surface area contributed by atoms with Crippen molar-refractivity contribution in [3.8, 4) is 16.9 Å². The Labute approximate surface area is 221 Å². The minimum absolute atomic E-state index is 0.141. The molecule has 190 valence electrons. The third-order valence-corrected chi connectivity index (χ3v) is 6.99. The molecule has 7 nitrogen and oxygen atoms in total. The summed E-state index contributed by atoms with van der Waals surface area (Å²) in [5, 5.41) is 11.4. The zero-order valence-corrected chi connectivity index (χ0v) is 21.7. The second kappa shape index (κ2) is 11.9. The molecule has 0 bridgehead atoms. The molecule has 1 aliphatic rings. The molecule has 3 N–H and O–H groups in total. The number of aromatic nitrogens is 1. The molecule has 1 saturated heterocycles. The molecule has 1 amide bonds. The fourth-order valence-electron chi connectivity index (χ4n) is 4.29. The van der Waals surface area contributed by atoms with Gasteiger partial charge in [0.2, 0.25) is 0 Å². The minimum Gasteiger partial charge on any atom is -0.485 e. The van der Waals surface area contributed by atoms with Gasteiger partial charge in [0.1, 0.15) is 6.61 Å². The van der Waals surface area contributed by atoms with Crippen molar-refractivity contribution in [2.45, 2.75) is 25.6 Å². The number of rotatable bonds is 9. The highest BCUT2D eigenvalue weighted by Crippen LogP contribution is 2.30. The molecule has 0 saturated carbocycles. The van der Waals surface area contributed by atoms with Gasteiger partial charge in [-0.3, -0.25) is 4.79 Å². The first kappa shape index (κ1) is 26.2. The highest BCUT2D eigenvalue weighted by molar-refractivity contribution is 6.35. The van der Waals surface area contributed by atoms with Crippen molar-refractivity contribution in [1.29, 1.82) is 0 Å². The number of likely N-dealkylation sites (tertiary alicyclic amines) is 1. The molecule has 0 aliphatic carbocycles. The Bertz CT molecular complexity index is 1180. The van der Waals surface area contributed by atoms with E-state index in [1.165, 1.54) is 12.8 Å². The van der Waals surface area contributed by atoms with Gasteiger partial charge in [-0.1, -0.05) is 41.4 Å². The molecule has 4 rings (SSSR count). The van der Waals surface area contributed by atoms with Crippen molar-refractivity contribution >= 4 is 34.9 Å². The molecule has 9 heteroatoms. The largest absolute Gasteiger partial charge is 0.485 e. The van der Waals surface area contributed by atoms with Gasteiger partial charge in [-0.2, -0.15) is 0 Å². The van der Waals surface area contributed by atoms with Crippen LogP contribution in [0, 0.1) is 0 Å². The van der Waals surface area contributed by atoms with E-state index in [2.05, 4.69) is 9.88 Å². The summed E-state index contributed by atoms with van der Waals surface area (Å²) in [6, 6.07) is 14.3. The summed E-state index contributed by atoms with van der Waals surface area (Å²) in [6.45, 7) is 3.05. The van der Waals surface area contributed by atoms with Gasteiger partial charge in [0, 0.05) is 53.1 Å². The first-order valence-electron chi connectivity index (χ1n) is 11.9. The van der Waals surface area contributed by atoms with Crippen molar-refractivity contribution in [2.75, 3.05) is 39.0 Å². The summed E-state index contributed by atoms with van der Waals surface area (Å²) in [6.07, 6.45) is 3.42. The topological polar surface area (TPSA) is 91.9 Å². The molecular formula is C27H30Cl2N4O3. The number of nitrogens with two attached hydrogens (primary N) is 1. The van der Waals surface area contributed by atoms with E-state index in [1.54, 1.807) is 54.5 Å². The van der Waals surface area contributed by atoms with E-state index in [-0.39, 0.29) is 24.9 Å². The zero-order chi connectivity index (χ0) is 25.7.